The van der Waals surface area contributed by atoms with Gasteiger partial charge in [-0.3, -0.25) is 4.90 Å². The molecule has 0 amide bonds. The number of carbonyl (C=O) groups is 1. The molecule has 0 spiro atoms. The van der Waals surface area contributed by atoms with Gasteiger partial charge in [-0.15, -0.1) is 11.3 Å². The lowest BCUT2D eigenvalue weighted by molar-refractivity contribution is -0.00805. The number of hydrogen-bond acceptors (Lipinski definition) is 4. The van der Waals surface area contributed by atoms with Crippen LogP contribution in [-0.2, 0) is 0 Å². The quantitative estimate of drug-likeness (QED) is 0.928. The summed E-state index contributed by atoms with van der Waals surface area (Å²) < 4.78 is 6.37. The summed E-state index contributed by atoms with van der Waals surface area (Å²) in [6.07, 6.45) is 2.40. The van der Waals surface area contributed by atoms with Crippen LogP contribution in [0.25, 0.3) is 0 Å². The fraction of sp³-hybridized carbons (Fsp3) is 0.583. The maximum atomic E-state index is 11.1. The van der Waals surface area contributed by atoms with Crippen LogP contribution in [0, 0.1) is 5.92 Å². The van der Waals surface area contributed by atoms with Crippen molar-refractivity contribution in [1.82, 2.24) is 4.90 Å². The second-order valence-electron chi connectivity index (χ2n) is 4.84. The van der Waals surface area contributed by atoms with Gasteiger partial charge < -0.3 is 9.84 Å². The monoisotopic (exact) mass is 287 g/mol. The van der Waals surface area contributed by atoms with Gasteiger partial charge in [0.05, 0.1) is 4.34 Å². The van der Waals surface area contributed by atoms with Crippen molar-refractivity contribution < 1.29 is 14.6 Å². The van der Waals surface area contributed by atoms with Crippen LogP contribution in [0.2, 0.25) is 4.34 Å². The molecule has 4 rings (SSSR count). The van der Waals surface area contributed by atoms with E-state index in [4.69, 9.17) is 21.4 Å². The standard InChI is InChI=1S/C12H14ClNO3S/c13-10-5-8(11(18-10)12(15)16)17-9-6-14-3-1-7(9)2-4-14/h5,7,9H,1-4,6H2,(H,15,16)/t9-/m1/s1. The van der Waals surface area contributed by atoms with Gasteiger partial charge in [0.2, 0.25) is 0 Å². The second-order valence-corrected chi connectivity index (χ2v) is 6.53. The summed E-state index contributed by atoms with van der Waals surface area (Å²) in [7, 11) is 0. The van der Waals surface area contributed by atoms with Crippen LogP contribution in [0.4, 0.5) is 0 Å². The van der Waals surface area contributed by atoms with Gasteiger partial charge in [-0.25, -0.2) is 4.79 Å². The highest BCUT2D eigenvalue weighted by Gasteiger charge is 2.36. The van der Waals surface area contributed by atoms with Crippen LogP contribution < -0.4 is 4.74 Å². The number of piperidine rings is 3. The van der Waals surface area contributed by atoms with Crippen molar-refractivity contribution in [2.45, 2.75) is 18.9 Å². The van der Waals surface area contributed by atoms with Crippen LogP contribution in [0.1, 0.15) is 22.5 Å². The lowest BCUT2D eigenvalue weighted by Crippen LogP contribution is -2.52. The lowest BCUT2D eigenvalue weighted by Gasteiger charge is -2.44. The van der Waals surface area contributed by atoms with E-state index in [1.807, 2.05) is 0 Å². The number of nitrogens with zero attached hydrogens (tertiary/aromatic N) is 1. The maximum Gasteiger partial charge on any atom is 0.349 e. The Morgan fingerprint density at radius 2 is 2.22 bits per heavy atom. The van der Waals surface area contributed by atoms with Crippen LogP contribution in [0.15, 0.2) is 6.07 Å². The Kier molecular flexibility index (Phi) is 3.21. The number of carboxylic acid groups (broad SMARTS) is 1. The third kappa shape index (κ3) is 2.22. The van der Waals surface area contributed by atoms with Gasteiger partial charge in [0.25, 0.3) is 0 Å². The molecule has 1 N–H and O–H groups in total. The van der Waals surface area contributed by atoms with Gasteiger partial charge >= 0.3 is 5.97 Å². The van der Waals surface area contributed by atoms with Gasteiger partial charge in [-0.1, -0.05) is 11.6 Å². The van der Waals surface area contributed by atoms with E-state index in [-0.39, 0.29) is 11.0 Å². The number of ether oxygens (including phenoxy) is 1. The zero-order valence-corrected chi connectivity index (χ0v) is 11.3. The van der Waals surface area contributed by atoms with Crippen molar-refractivity contribution in [3.63, 3.8) is 0 Å². The molecule has 3 saturated heterocycles. The Labute approximate surface area is 114 Å². The van der Waals surface area contributed by atoms with Gasteiger partial charge in [0.15, 0.2) is 4.88 Å². The fourth-order valence-corrected chi connectivity index (χ4v) is 3.78. The number of hydrogen-bond donors (Lipinski definition) is 1. The third-order valence-electron chi connectivity index (χ3n) is 3.74. The predicted molar refractivity (Wildman–Crippen MR) is 69.9 cm³/mol. The number of carboxylic acids is 1. The van der Waals surface area contributed by atoms with E-state index in [1.54, 1.807) is 6.07 Å². The number of fused-ring (bicyclic) bond motifs is 3. The van der Waals surface area contributed by atoms with E-state index in [9.17, 15) is 4.79 Å². The highest BCUT2D eigenvalue weighted by Crippen LogP contribution is 2.36. The number of halogens is 1. The molecule has 0 unspecified atom stereocenters. The van der Waals surface area contributed by atoms with Crippen molar-refractivity contribution in [3.8, 4) is 5.75 Å². The highest BCUT2D eigenvalue weighted by molar-refractivity contribution is 7.18. The molecule has 2 bridgehead atoms. The van der Waals surface area contributed by atoms with Crippen LogP contribution in [-0.4, -0.2) is 41.7 Å². The first kappa shape index (κ1) is 12.3. The van der Waals surface area contributed by atoms with E-state index in [0.717, 1.165) is 43.8 Å². The third-order valence-corrected chi connectivity index (χ3v) is 4.97. The average molecular weight is 288 g/mol. The zero-order chi connectivity index (χ0) is 12.7. The topological polar surface area (TPSA) is 49.8 Å². The summed E-state index contributed by atoms with van der Waals surface area (Å²) in [6, 6.07) is 1.62. The van der Waals surface area contributed by atoms with Crippen molar-refractivity contribution in [1.29, 1.82) is 0 Å². The first-order valence-electron chi connectivity index (χ1n) is 6.05. The van der Waals surface area contributed by atoms with E-state index < -0.39 is 5.97 Å². The number of thiophene rings is 1. The first-order chi connectivity index (χ1) is 8.63. The minimum atomic E-state index is -0.969. The SMILES string of the molecule is O=C(O)c1sc(Cl)cc1O[C@@H]1CN2CCC1CC2. The maximum absolute atomic E-state index is 11.1. The molecule has 4 nitrogen and oxygen atoms in total. The molecule has 1 aromatic heterocycles. The van der Waals surface area contributed by atoms with Gasteiger partial charge in [0.1, 0.15) is 11.9 Å². The molecule has 1 atom stereocenters. The van der Waals surface area contributed by atoms with E-state index in [0.29, 0.717) is 16.0 Å². The molecule has 3 aliphatic heterocycles. The minimum Gasteiger partial charge on any atom is -0.487 e. The molecule has 3 fully saturated rings. The molecule has 3 aliphatic rings. The largest absolute Gasteiger partial charge is 0.487 e. The summed E-state index contributed by atoms with van der Waals surface area (Å²) in [6.45, 7) is 3.18. The van der Waals surface area contributed by atoms with Crippen LogP contribution >= 0.6 is 22.9 Å². The van der Waals surface area contributed by atoms with Crippen LogP contribution in [0.5, 0.6) is 5.75 Å². The Morgan fingerprint density at radius 1 is 1.50 bits per heavy atom. The molecule has 0 radical (unpaired) electrons. The average Bonchev–Trinajstić information content (AvgIpc) is 2.72. The van der Waals surface area contributed by atoms with Crippen molar-refractivity contribution in [2.24, 2.45) is 5.92 Å². The normalized spacial score (nSPS) is 30.4. The highest BCUT2D eigenvalue weighted by atomic mass is 35.5. The van der Waals surface area contributed by atoms with Crippen molar-refractivity contribution >= 4 is 28.9 Å². The summed E-state index contributed by atoms with van der Waals surface area (Å²) in [4.78, 5) is 13.7. The van der Waals surface area contributed by atoms with Crippen LogP contribution in [0.3, 0.4) is 0 Å². The van der Waals surface area contributed by atoms with E-state index >= 15 is 0 Å². The summed E-state index contributed by atoms with van der Waals surface area (Å²) >= 11 is 6.93. The molecule has 4 heterocycles. The lowest BCUT2D eigenvalue weighted by atomic mass is 9.86. The number of aromatic carboxylic acids is 1. The summed E-state index contributed by atoms with van der Waals surface area (Å²) in [5.74, 6) is 0.00902. The van der Waals surface area contributed by atoms with Gasteiger partial charge in [0, 0.05) is 12.6 Å². The molecule has 98 valence electrons. The second kappa shape index (κ2) is 4.72. The fourth-order valence-electron chi connectivity index (χ4n) is 2.79. The van der Waals surface area contributed by atoms with E-state index in [1.165, 1.54) is 0 Å². The van der Waals surface area contributed by atoms with Gasteiger partial charge in [-0.05, 0) is 31.8 Å². The molecular formula is C12H14ClNO3S. The molecule has 0 aliphatic carbocycles. The molecule has 0 aromatic carbocycles. The van der Waals surface area contributed by atoms with E-state index in [2.05, 4.69) is 4.90 Å². The summed E-state index contributed by atoms with van der Waals surface area (Å²) in [5, 5.41) is 9.10. The number of rotatable bonds is 3. The van der Waals surface area contributed by atoms with Gasteiger partial charge in [-0.2, -0.15) is 0 Å². The van der Waals surface area contributed by atoms with Crippen molar-refractivity contribution in [3.05, 3.63) is 15.3 Å². The smallest absolute Gasteiger partial charge is 0.349 e. The molecule has 0 saturated carbocycles. The Bertz CT molecular complexity index is 468. The molecule has 1 aromatic rings. The zero-order valence-electron chi connectivity index (χ0n) is 9.76. The first-order valence-corrected chi connectivity index (χ1v) is 7.24. The minimum absolute atomic E-state index is 0.108. The summed E-state index contributed by atoms with van der Waals surface area (Å²) in [5.41, 5.74) is 0. The van der Waals surface area contributed by atoms with Crippen molar-refractivity contribution in [2.75, 3.05) is 19.6 Å². The molecular weight excluding hydrogens is 274 g/mol. The molecule has 6 heteroatoms. The molecule has 18 heavy (non-hydrogen) atoms. The Hall–Kier alpha value is -0.780. The Balaban J connectivity index is 1.78. The Morgan fingerprint density at radius 3 is 2.78 bits per heavy atom. The predicted octanol–water partition coefficient (Wildman–Crippen LogP) is 2.57.